The number of anilines is 2. The molecule has 1 aliphatic rings. The molecule has 1 N–H and O–H groups in total. The third-order valence-corrected chi connectivity index (χ3v) is 3.66. The average Bonchev–Trinajstić information content (AvgIpc) is 2.37. The maximum absolute atomic E-state index is 5.61. The molecule has 0 unspecified atom stereocenters. The number of hydrogen-bond acceptors (Lipinski definition) is 5. The van der Waals surface area contributed by atoms with E-state index in [1.54, 1.807) is 0 Å². The molecule has 2 heterocycles. The molecular formula is C16H28N4O. The minimum Gasteiger partial charge on any atom is -0.377 e. The molecule has 0 atom stereocenters. The number of ether oxygens (including phenoxy) is 1. The van der Waals surface area contributed by atoms with E-state index in [9.17, 15) is 0 Å². The molecule has 0 radical (unpaired) electrons. The molecule has 0 amide bonds. The van der Waals surface area contributed by atoms with E-state index in [2.05, 4.69) is 56.7 Å². The molecule has 1 fully saturated rings. The minimum absolute atomic E-state index is 0.0504. The van der Waals surface area contributed by atoms with E-state index in [-0.39, 0.29) is 11.0 Å². The Morgan fingerprint density at radius 1 is 1.33 bits per heavy atom. The van der Waals surface area contributed by atoms with Crippen molar-refractivity contribution in [2.45, 2.75) is 52.5 Å². The van der Waals surface area contributed by atoms with Gasteiger partial charge in [-0.25, -0.2) is 9.97 Å². The van der Waals surface area contributed by atoms with Gasteiger partial charge >= 0.3 is 0 Å². The molecule has 1 aliphatic heterocycles. The van der Waals surface area contributed by atoms with Crippen LogP contribution in [0.1, 0.15) is 47.4 Å². The highest BCUT2D eigenvalue weighted by Crippen LogP contribution is 2.29. The summed E-state index contributed by atoms with van der Waals surface area (Å²) in [6, 6.07) is 2.05. The van der Waals surface area contributed by atoms with Crippen LogP contribution in [-0.4, -0.2) is 41.8 Å². The summed E-state index contributed by atoms with van der Waals surface area (Å²) in [4.78, 5) is 11.8. The molecular weight excluding hydrogens is 264 g/mol. The third kappa shape index (κ3) is 3.64. The number of nitrogens with one attached hydrogen (secondary N) is 1. The topological polar surface area (TPSA) is 50.3 Å². The predicted molar refractivity (Wildman–Crippen MR) is 87.1 cm³/mol. The lowest BCUT2D eigenvalue weighted by atomic mass is 9.95. The van der Waals surface area contributed by atoms with Gasteiger partial charge in [0.2, 0.25) is 0 Å². The number of nitrogens with zero attached hydrogens (tertiary/aromatic N) is 3. The second kappa shape index (κ2) is 5.79. The Balaban J connectivity index is 2.44. The van der Waals surface area contributed by atoms with E-state index in [0.29, 0.717) is 0 Å². The van der Waals surface area contributed by atoms with Gasteiger partial charge in [0.1, 0.15) is 17.5 Å². The summed E-state index contributed by atoms with van der Waals surface area (Å²) in [5.74, 6) is 2.76. The molecule has 1 aromatic heterocycles. The third-order valence-electron chi connectivity index (χ3n) is 3.66. The molecule has 0 aliphatic carbocycles. The van der Waals surface area contributed by atoms with E-state index in [1.807, 2.05) is 6.07 Å². The summed E-state index contributed by atoms with van der Waals surface area (Å²) < 4.78 is 5.61. The summed E-state index contributed by atoms with van der Waals surface area (Å²) in [5.41, 5.74) is -0.123. The van der Waals surface area contributed by atoms with Gasteiger partial charge in [0.25, 0.3) is 0 Å². The summed E-state index contributed by atoms with van der Waals surface area (Å²) in [7, 11) is 0. The SMILES string of the molecule is CCNc1cc(N2CCOCC2(C)C)nc(C(C)(C)C)n1. The lowest BCUT2D eigenvalue weighted by Crippen LogP contribution is -2.53. The monoisotopic (exact) mass is 292 g/mol. The van der Waals surface area contributed by atoms with Crippen molar-refractivity contribution in [2.75, 3.05) is 36.5 Å². The Hall–Kier alpha value is -1.36. The Kier molecular flexibility index (Phi) is 4.42. The lowest BCUT2D eigenvalue weighted by Gasteiger charge is -2.43. The Labute approximate surface area is 128 Å². The Morgan fingerprint density at radius 3 is 2.62 bits per heavy atom. The van der Waals surface area contributed by atoms with Crippen molar-refractivity contribution >= 4 is 11.6 Å². The zero-order valence-electron chi connectivity index (χ0n) is 14.2. The van der Waals surface area contributed by atoms with Crippen LogP contribution in [-0.2, 0) is 10.2 Å². The highest BCUT2D eigenvalue weighted by Gasteiger charge is 2.32. The van der Waals surface area contributed by atoms with Gasteiger partial charge in [-0.05, 0) is 20.8 Å². The largest absolute Gasteiger partial charge is 0.377 e. The van der Waals surface area contributed by atoms with Crippen LogP contribution in [0.4, 0.5) is 11.6 Å². The molecule has 1 saturated heterocycles. The zero-order chi connectivity index (χ0) is 15.7. The molecule has 0 saturated carbocycles. The normalized spacial score (nSPS) is 18.7. The van der Waals surface area contributed by atoms with Crippen molar-refractivity contribution in [3.8, 4) is 0 Å². The Morgan fingerprint density at radius 2 is 2.05 bits per heavy atom. The average molecular weight is 292 g/mol. The van der Waals surface area contributed by atoms with Crippen LogP contribution in [0.2, 0.25) is 0 Å². The molecule has 0 spiro atoms. The van der Waals surface area contributed by atoms with Crippen LogP contribution in [0.15, 0.2) is 6.07 Å². The maximum Gasteiger partial charge on any atom is 0.138 e. The summed E-state index contributed by atoms with van der Waals surface area (Å²) >= 11 is 0. The van der Waals surface area contributed by atoms with Gasteiger partial charge in [-0.3, -0.25) is 0 Å². The fraction of sp³-hybridized carbons (Fsp3) is 0.750. The second-order valence-electron chi connectivity index (χ2n) is 7.23. The highest BCUT2D eigenvalue weighted by molar-refractivity contribution is 5.52. The van der Waals surface area contributed by atoms with Crippen LogP contribution in [0.25, 0.3) is 0 Å². The van der Waals surface area contributed by atoms with Crippen molar-refractivity contribution < 1.29 is 4.74 Å². The van der Waals surface area contributed by atoms with Crippen molar-refractivity contribution in [1.29, 1.82) is 0 Å². The number of aromatic nitrogens is 2. The minimum atomic E-state index is -0.0728. The summed E-state index contributed by atoms with van der Waals surface area (Å²) in [5, 5.41) is 3.32. The first-order valence-corrected chi connectivity index (χ1v) is 7.73. The second-order valence-corrected chi connectivity index (χ2v) is 7.23. The van der Waals surface area contributed by atoms with Gasteiger partial charge in [-0.2, -0.15) is 0 Å². The molecule has 21 heavy (non-hydrogen) atoms. The zero-order valence-corrected chi connectivity index (χ0v) is 14.2. The van der Waals surface area contributed by atoms with E-state index in [1.165, 1.54) is 0 Å². The van der Waals surface area contributed by atoms with Gasteiger partial charge in [-0.15, -0.1) is 0 Å². The fourth-order valence-electron chi connectivity index (χ4n) is 2.46. The van der Waals surface area contributed by atoms with Crippen LogP contribution in [0.3, 0.4) is 0 Å². The molecule has 0 aromatic carbocycles. The van der Waals surface area contributed by atoms with Gasteiger partial charge in [0.05, 0.1) is 18.8 Å². The molecule has 0 bridgehead atoms. The first-order chi connectivity index (χ1) is 9.74. The number of hydrogen-bond donors (Lipinski definition) is 1. The predicted octanol–water partition coefficient (Wildman–Crippen LogP) is 2.82. The highest BCUT2D eigenvalue weighted by atomic mass is 16.5. The van der Waals surface area contributed by atoms with E-state index >= 15 is 0 Å². The summed E-state index contributed by atoms with van der Waals surface area (Å²) in [6.45, 7) is 16.1. The standard InChI is InChI=1S/C16H28N4O/c1-7-17-12-10-13(19-14(18-12)15(2,3)4)20-8-9-21-11-16(20,5)6/h10H,7-9,11H2,1-6H3,(H,17,18,19). The van der Waals surface area contributed by atoms with Crippen molar-refractivity contribution in [3.05, 3.63) is 11.9 Å². The quantitative estimate of drug-likeness (QED) is 0.928. The van der Waals surface area contributed by atoms with Crippen LogP contribution >= 0.6 is 0 Å². The van der Waals surface area contributed by atoms with Gasteiger partial charge in [-0.1, -0.05) is 20.8 Å². The Bertz CT molecular complexity index is 494. The van der Waals surface area contributed by atoms with Gasteiger partial charge in [0, 0.05) is 24.6 Å². The van der Waals surface area contributed by atoms with Crippen LogP contribution in [0.5, 0.6) is 0 Å². The van der Waals surface area contributed by atoms with Gasteiger partial charge < -0.3 is 15.0 Å². The van der Waals surface area contributed by atoms with Crippen LogP contribution in [0, 0.1) is 0 Å². The van der Waals surface area contributed by atoms with Crippen molar-refractivity contribution in [1.82, 2.24) is 9.97 Å². The maximum atomic E-state index is 5.61. The number of rotatable bonds is 3. The van der Waals surface area contributed by atoms with Crippen LogP contribution < -0.4 is 10.2 Å². The first kappa shape index (κ1) is 16.0. The van der Waals surface area contributed by atoms with E-state index in [4.69, 9.17) is 9.72 Å². The summed E-state index contributed by atoms with van der Waals surface area (Å²) in [6.07, 6.45) is 0. The molecule has 1 aromatic rings. The lowest BCUT2D eigenvalue weighted by molar-refractivity contribution is 0.0638. The smallest absolute Gasteiger partial charge is 0.138 e. The van der Waals surface area contributed by atoms with Crippen molar-refractivity contribution in [3.63, 3.8) is 0 Å². The fourth-order valence-corrected chi connectivity index (χ4v) is 2.46. The molecule has 5 nitrogen and oxygen atoms in total. The molecule has 2 rings (SSSR count). The van der Waals surface area contributed by atoms with Gasteiger partial charge in [0.15, 0.2) is 0 Å². The number of morpholine rings is 1. The molecule has 5 heteroatoms. The van der Waals surface area contributed by atoms with E-state index < -0.39 is 0 Å². The van der Waals surface area contributed by atoms with E-state index in [0.717, 1.165) is 43.8 Å². The molecule has 118 valence electrons. The van der Waals surface area contributed by atoms with Crippen molar-refractivity contribution in [2.24, 2.45) is 0 Å². The first-order valence-electron chi connectivity index (χ1n) is 7.73.